The molecule has 1 aliphatic rings. The van der Waals surface area contributed by atoms with E-state index < -0.39 is 0 Å². The third kappa shape index (κ3) is 6.42. The van der Waals surface area contributed by atoms with Crippen LogP contribution < -0.4 is 5.32 Å². The van der Waals surface area contributed by atoms with Crippen LogP contribution >= 0.6 is 0 Å². The van der Waals surface area contributed by atoms with E-state index >= 15 is 0 Å². The monoisotopic (exact) mass is 240 g/mol. The quantitative estimate of drug-likeness (QED) is 0.736. The molecule has 0 amide bonds. The standard InChI is InChI=1S/C15H32N2/c1-5-17-8-6-15(7-9-17)12-16-11-14(4)10-13(2)3/h13-16H,5-12H2,1-4H3. The summed E-state index contributed by atoms with van der Waals surface area (Å²) in [6.45, 7) is 15.6. The van der Waals surface area contributed by atoms with Crippen molar-refractivity contribution in [1.82, 2.24) is 10.2 Å². The topological polar surface area (TPSA) is 15.3 Å². The Balaban J connectivity index is 2.03. The molecular weight excluding hydrogens is 208 g/mol. The Kier molecular flexibility index (Phi) is 7.14. The van der Waals surface area contributed by atoms with E-state index in [0.717, 1.165) is 17.8 Å². The van der Waals surface area contributed by atoms with Gasteiger partial charge in [-0.3, -0.25) is 0 Å². The predicted molar refractivity (Wildman–Crippen MR) is 76.3 cm³/mol. The first kappa shape index (κ1) is 15.0. The zero-order valence-electron chi connectivity index (χ0n) is 12.3. The fourth-order valence-corrected chi connectivity index (χ4v) is 2.93. The molecule has 0 aromatic heterocycles. The molecule has 0 spiro atoms. The van der Waals surface area contributed by atoms with Crippen LogP contribution in [-0.4, -0.2) is 37.6 Å². The van der Waals surface area contributed by atoms with Gasteiger partial charge >= 0.3 is 0 Å². The van der Waals surface area contributed by atoms with Gasteiger partial charge in [-0.05, 0) is 69.7 Å². The van der Waals surface area contributed by atoms with Crippen LogP contribution in [0.1, 0.15) is 47.0 Å². The number of nitrogens with one attached hydrogen (secondary N) is 1. The van der Waals surface area contributed by atoms with Gasteiger partial charge in [-0.15, -0.1) is 0 Å². The van der Waals surface area contributed by atoms with Crippen molar-refractivity contribution in [3.63, 3.8) is 0 Å². The Morgan fingerprint density at radius 3 is 2.35 bits per heavy atom. The average molecular weight is 240 g/mol. The van der Waals surface area contributed by atoms with Crippen molar-refractivity contribution in [2.24, 2.45) is 17.8 Å². The van der Waals surface area contributed by atoms with Crippen molar-refractivity contribution >= 4 is 0 Å². The number of likely N-dealkylation sites (tertiary alicyclic amines) is 1. The number of rotatable bonds is 7. The Morgan fingerprint density at radius 1 is 1.18 bits per heavy atom. The van der Waals surface area contributed by atoms with Gasteiger partial charge in [0.05, 0.1) is 0 Å². The summed E-state index contributed by atoms with van der Waals surface area (Å²) >= 11 is 0. The van der Waals surface area contributed by atoms with Crippen LogP contribution in [0.4, 0.5) is 0 Å². The Morgan fingerprint density at radius 2 is 1.82 bits per heavy atom. The Bertz CT molecular complexity index is 183. The van der Waals surface area contributed by atoms with Gasteiger partial charge in [-0.2, -0.15) is 0 Å². The van der Waals surface area contributed by atoms with Gasteiger partial charge in [0.1, 0.15) is 0 Å². The molecule has 17 heavy (non-hydrogen) atoms. The van der Waals surface area contributed by atoms with E-state index in [0.29, 0.717) is 0 Å². The molecule has 1 atom stereocenters. The Hall–Kier alpha value is -0.0800. The molecule has 1 N–H and O–H groups in total. The maximum atomic E-state index is 3.67. The average Bonchev–Trinajstić information content (AvgIpc) is 2.29. The largest absolute Gasteiger partial charge is 0.316 e. The zero-order valence-corrected chi connectivity index (χ0v) is 12.3. The van der Waals surface area contributed by atoms with Gasteiger partial charge in [-0.1, -0.05) is 27.7 Å². The molecule has 102 valence electrons. The van der Waals surface area contributed by atoms with E-state index in [-0.39, 0.29) is 0 Å². The number of nitrogens with zero attached hydrogens (tertiary/aromatic N) is 1. The summed E-state index contributed by atoms with van der Waals surface area (Å²) in [5, 5.41) is 3.67. The molecule has 1 saturated heterocycles. The fourth-order valence-electron chi connectivity index (χ4n) is 2.93. The molecule has 0 radical (unpaired) electrons. The second-order valence-corrected chi connectivity index (χ2v) is 6.27. The van der Waals surface area contributed by atoms with Crippen LogP contribution in [0.15, 0.2) is 0 Å². The highest BCUT2D eigenvalue weighted by Gasteiger charge is 2.17. The molecule has 1 heterocycles. The summed E-state index contributed by atoms with van der Waals surface area (Å²) in [5.74, 6) is 2.58. The number of hydrogen-bond donors (Lipinski definition) is 1. The summed E-state index contributed by atoms with van der Waals surface area (Å²) in [6, 6.07) is 0. The van der Waals surface area contributed by atoms with Crippen LogP contribution in [0.3, 0.4) is 0 Å². The SMILES string of the molecule is CCN1CCC(CNCC(C)CC(C)C)CC1. The van der Waals surface area contributed by atoms with E-state index in [1.54, 1.807) is 0 Å². The van der Waals surface area contributed by atoms with E-state index in [2.05, 4.69) is 37.9 Å². The van der Waals surface area contributed by atoms with E-state index in [1.165, 1.54) is 52.0 Å². The zero-order chi connectivity index (χ0) is 12.7. The van der Waals surface area contributed by atoms with Gasteiger partial charge < -0.3 is 10.2 Å². The van der Waals surface area contributed by atoms with Gasteiger partial charge in [0, 0.05) is 0 Å². The van der Waals surface area contributed by atoms with Crippen LogP contribution in [0.5, 0.6) is 0 Å². The minimum Gasteiger partial charge on any atom is -0.316 e. The predicted octanol–water partition coefficient (Wildman–Crippen LogP) is 2.99. The number of hydrogen-bond acceptors (Lipinski definition) is 2. The van der Waals surface area contributed by atoms with Crippen LogP contribution in [-0.2, 0) is 0 Å². The molecule has 2 nitrogen and oxygen atoms in total. The first-order chi connectivity index (χ1) is 8.11. The molecule has 0 aromatic carbocycles. The normalized spacial score (nSPS) is 21.0. The molecule has 0 aromatic rings. The van der Waals surface area contributed by atoms with Crippen LogP contribution in [0, 0.1) is 17.8 Å². The number of piperidine rings is 1. The van der Waals surface area contributed by atoms with Crippen LogP contribution in [0.25, 0.3) is 0 Å². The van der Waals surface area contributed by atoms with Crippen molar-refractivity contribution in [2.75, 3.05) is 32.7 Å². The highest BCUT2D eigenvalue weighted by molar-refractivity contribution is 4.73. The lowest BCUT2D eigenvalue weighted by atomic mass is 9.95. The van der Waals surface area contributed by atoms with Crippen molar-refractivity contribution in [2.45, 2.75) is 47.0 Å². The fraction of sp³-hybridized carbons (Fsp3) is 1.00. The van der Waals surface area contributed by atoms with Gasteiger partial charge in [0.2, 0.25) is 0 Å². The second-order valence-electron chi connectivity index (χ2n) is 6.27. The smallest absolute Gasteiger partial charge is 0.00157 e. The molecule has 1 aliphatic heterocycles. The van der Waals surface area contributed by atoms with E-state index in [9.17, 15) is 0 Å². The summed E-state index contributed by atoms with van der Waals surface area (Å²) in [7, 11) is 0. The molecule has 0 saturated carbocycles. The molecule has 0 aliphatic carbocycles. The van der Waals surface area contributed by atoms with Crippen molar-refractivity contribution < 1.29 is 0 Å². The van der Waals surface area contributed by atoms with Crippen molar-refractivity contribution in [1.29, 1.82) is 0 Å². The maximum absolute atomic E-state index is 3.67. The van der Waals surface area contributed by atoms with Gasteiger partial charge in [0.25, 0.3) is 0 Å². The molecule has 1 fully saturated rings. The summed E-state index contributed by atoms with van der Waals surface area (Å²) in [5.41, 5.74) is 0. The first-order valence-corrected chi connectivity index (χ1v) is 7.54. The second kappa shape index (κ2) is 8.10. The summed E-state index contributed by atoms with van der Waals surface area (Å²) in [4.78, 5) is 2.57. The van der Waals surface area contributed by atoms with Gasteiger partial charge in [0.15, 0.2) is 0 Å². The lowest BCUT2D eigenvalue weighted by Gasteiger charge is -2.31. The highest BCUT2D eigenvalue weighted by atomic mass is 15.1. The minimum atomic E-state index is 0.825. The third-order valence-electron chi connectivity index (χ3n) is 3.95. The maximum Gasteiger partial charge on any atom is -0.00157 e. The molecule has 1 rings (SSSR count). The van der Waals surface area contributed by atoms with Crippen LogP contribution in [0.2, 0.25) is 0 Å². The molecule has 2 heteroatoms. The minimum absolute atomic E-state index is 0.825. The molecular formula is C15H32N2. The van der Waals surface area contributed by atoms with E-state index in [1.807, 2.05) is 0 Å². The molecule has 0 bridgehead atoms. The Labute approximate surface area is 108 Å². The summed E-state index contributed by atoms with van der Waals surface area (Å²) < 4.78 is 0. The third-order valence-corrected chi connectivity index (χ3v) is 3.95. The van der Waals surface area contributed by atoms with E-state index in [4.69, 9.17) is 0 Å². The highest BCUT2D eigenvalue weighted by Crippen LogP contribution is 2.16. The van der Waals surface area contributed by atoms with Gasteiger partial charge in [-0.25, -0.2) is 0 Å². The lowest BCUT2D eigenvalue weighted by Crippen LogP contribution is -2.37. The first-order valence-electron chi connectivity index (χ1n) is 7.54. The summed E-state index contributed by atoms with van der Waals surface area (Å²) in [6.07, 6.45) is 4.13. The molecule has 1 unspecified atom stereocenters. The lowest BCUT2D eigenvalue weighted by molar-refractivity contribution is 0.189. The van der Waals surface area contributed by atoms with Crippen molar-refractivity contribution in [3.05, 3.63) is 0 Å². The van der Waals surface area contributed by atoms with Crippen molar-refractivity contribution in [3.8, 4) is 0 Å².